The highest BCUT2D eigenvalue weighted by Gasteiger charge is 2.20. The van der Waals surface area contributed by atoms with E-state index in [1.165, 1.54) is 6.07 Å². The Morgan fingerprint density at radius 3 is 2.60 bits per heavy atom. The van der Waals surface area contributed by atoms with Crippen molar-refractivity contribution in [3.8, 4) is 0 Å². The standard InChI is InChI=1S/C14H14N2O4/c1-9-7-12(16-20-9)14(19)15-11(8-13(17)18)10-5-3-2-4-6-10/h2-7,11H,8H2,1H3,(H,15,19)(H,17,18)/t11-/m0/s1. The molecule has 104 valence electrons. The van der Waals surface area contributed by atoms with Crippen LogP contribution in [0.4, 0.5) is 0 Å². The van der Waals surface area contributed by atoms with Crippen molar-refractivity contribution < 1.29 is 19.2 Å². The van der Waals surface area contributed by atoms with E-state index in [1.807, 2.05) is 6.07 Å². The Morgan fingerprint density at radius 2 is 2.05 bits per heavy atom. The van der Waals surface area contributed by atoms with E-state index in [2.05, 4.69) is 10.5 Å². The number of nitrogens with zero attached hydrogens (tertiary/aromatic N) is 1. The average molecular weight is 274 g/mol. The number of carbonyl (C=O) groups excluding carboxylic acids is 1. The smallest absolute Gasteiger partial charge is 0.305 e. The molecule has 1 aromatic heterocycles. The number of hydrogen-bond donors (Lipinski definition) is 2. The second-order valence-corrected chi connectivity index (χ2v) is 4.36. The van der Waals surface area contributed by atoms with Gasteiger partial charge in [-0.15, -0.1) is 0 Å². The van der Waals surface area contributed by atoms with E-state index in [9.17, 15) is 9.59 Å². The molecule has 1 atom stereocenters. The largest absolute Gasteiger partial charge is 0.481 e. The first-order valence-corrected chi connectivity index (χ1v) is 6.07. The number of aromatic nitrogens is 1. The summed E-state index contributed by atoms with van der Waals surface area (Å²) in [5.41, 5.74) is 0.859. The number of hydrogen-bond acceptors (Lipinski definition) is 4. The maximum absolute atomic E-state index is 12.0. The molecular weight excluding hydrogens is 260 g/mol. The summed E-state index contributed by atoms with van der Waals surface area (Å²) in [6.45, 7) is 1.68. The van der Waals surface area contributed by atoms with Gasteiger partial charge in [0.15, 0.2) is 5.69 Å². The lowest BCUT2D eigenvalue weighted by Gasteiger charge is -2.16. The Morgan fingerprint density at radius 1 is 1.35 bits per heavy atom. The zero-order valence-electron chi connectivity index (χ0n) is 10.9. The molecule has 2 N–H and O–H groups in total. The molecule has 0 fully saturated rings. The number of carbonyl (C=O) groups is 2. The molecule has 1 aromatic carbocycles. The van der Waals surface area contributed by atoms with Gasteiger partial charge in [0.1, 0.15) is 5.76 Å². The molecule has 0 saturated heterocycles. The van der Waals surface area contributed by atoms with Crippen LogP contribution in [0.1, 0.15) is 34.3 Å². The monoisotopic (exact) mass is 274 g/mol. The molecule has 2 rings (SSSR count). The van der Waals surface area contributed by atoms with E-state index in [1.54, 1.807) is 31.2 Å². The Balaban J connectivity index is 2.16. The summed E-state index contributed by atoms with van der Waals surface area (Å²) in [4.78, 5) is 22.9. The molecule has 0 aliphatic rings. The molecule has 6 nitrogen and oxygen atoms in total. The van der Waals surface area contributed by atoms with Gasteiger partial charge in [0.2, 0.25) is 0 Å². The van der Waals surface area contributed by atoms with Crippen molar-refractivity contribution in [2.45, 2.75) is 19.4 Å². The van der Waals surface area contributed by atoms with Gasteiger partial charge in [-0.25, -0.2) is 0 Å². The number of aryl methyl sites for hydroxylation is 1. The summed E-state index contributed by atoms with van der Waals surface area (Å²) >= 11 is 0. The zero-order valence-corrected chi connectivity index (χ0v) is 10.9. The topological polar surface area (TPSA) is 92.4 Å². The fourth-order valence-electron chi connectivity index (χ4n) is 1.82. The summed E-state index contributed by atoms with van der Waals surface area (Å²) in [6.07, 6.45) is -0.202. The van der Waals surface area contributed by atoms with Crippen LogP contribution >= 0.6 is 0 Å². The van der Waals surface area contributed by atoms with Gasteiger partial charge in [0.05, 0.1) is 12.5 Å². The van der Waals surface area contributed by atoms with Gasteiger partial charge < -0.3 is 14.9 Å². The molecule has 1 amide bonds. The van der Waals surface area contributed by atoms with Crippen molar-refractivity contribution in [3.05, 3.63) is 53.4 Å². The van der Waals surface area contributed by atoms with Gasteiger partial charge in [-0.3, -0.25) is 9.59 Å². The van der Waals surface area contributed by atoms with E-state index < -0.39 is 17.9 Å². The molecular formula is C14H14N2O4. The number of carboxylic acid groups (broad SMARTS) is 1. The predicted octanol–water partition coefficient (Wildman–Crippen LogP) is 1.93. The minimum absolute atomic E-state index is 0.133. The van der Waals surface area contributed by atoms with Crippen LogP contribution in [0, 0.1) is 6.92 Å². The fraction of sp³-hybridized carbons (Fsp3) is 0.214. The predicted molar refractivity (Wildman–Crippen MR) is 70.1 cm³/mol. The summed E-state index contributed by atoms with van der Waals surface area (Å²) in [5, 5.41) is 15.2. The third-order valence-corrected chi connectivity index (χ3v) is 2.75. The van der Waals surface area contributed by atoms with Crippen LogP contribution in [-0.4, -0.2) is 22.1 Å². The normalized spacial score (nSPS) is 11.8. The van der Waals surface area contributed by atoms with Crippen LogP contribution < -0.4 is 5.32 Å². The Bertz CT molecular complexity index is 607. The van der Waals surface area contributed by atoms with E-state index in [4.69, 9.17) is 9.63 Å². The Labute approximate surface area is 115 Å². The first-order valence-electron chi connectivity index (χ1n) is 6.07. The van der Waals surface area contributed by atoms with E-state index in [-0.39, 0.29) is 12.1 Å². The van der Waals surface area contributed by atoms with Gasteiger partial charge in [0.25, 0.3) is 5.91 Å². The molecule has 0 spiro atoms. The first-order chi connectivity index (χ1) is 9.56. The molecule has 0 aliphatic carbocycles. The van der Waals surface area contributed by atoms with Crippen LogP contribution in [0.3, 0.4) is 0 Å². The highest BCUT2D eigenvalue weighted by atomic mass is 16.5. The summed E-state index contributed by atoms with van der Waals surface area (Å²) < 4.78 is 4.83. The minimum atomic E-state index is -0.990. The fourth-order valence-corrected chi connectivity index (χ4v) is 1.82. The molecule has 0 saturated carbocycles. The molecule has 0 unspecified atom stereocenters. The lowest BCUT2D eigenvalue weighted by Crippen LogP contribution is -2.30. The number of benzene rings is 1. The van der Waals surface area contributed by atoms with Crippen LogP contribution in [0.2, 0.25) is 0 Å². The number of aliphatic carboxylic acids is 1. The lowest BCUT2D eigenvalue weighted by molar-refractivity contribution is -0.137. The van der Waals surface area contributed by atoms with Crippen molar-refractivity contribution >= 4 is 11.9 Å². The van der Waals surface area contributed by atoms with E-state index in [0.29, 0.717) is 5.76 Å². The van der Waals surface area contributed by atoms with Gasteiger partial charge in [-0.1, -0.05) is 35.5 Å². The van der Waals surface area contributed by atoms with Gasteiger partial charge >= 0.3 is 5.97 Å². The molecule has 6 heteroatoms. The van der Waals surface area contributed by atoms with E-state index >= 15 is 0 Å². The maximum Gasteiger partial charge on any atom is 0.305 e. The third kappa shape index (κ3) is 3.44. The molecule has 0 aliphatic heterocycles. The number of amides is 1. The van der Waals surface area contributed by atoms with Crippen molar-refractivity contribution in [2.75, 3.05) is 0 Å². The first kappa shape index (κ1) is 13.8. The Kier molecular flexibility index (Phi) is 4.14. The quantitative estimate of drug-likeness (QED) is 0.869. The highest BCUT2D eigenvalue weighted by Crippen LogP contribution is 2.17. The van der Waals surface area contributed by atoms with Crippen molar-refractivity contribution in [2.24, 2.45) is 0 Å². The van der Waals surface area contributed by atoms with Gasteiger partial charge in [-0.2, -0.15) is 0 Å². The number of nitrogens with one attached hydrogen (secondary N) is 1. The van der Waals surface area contributed by atoms with Crippen LogP contribution in [0.25, 0.3) is 0 Å². The van der Waals surface area contributed by atoms with Crippen molar-refractivity contribution in [3.63, 3.8) is 0 Å². The van der Waals surface area contributed by atoms with Crippen LogP contribution in [0.15, 0.2) is 40.9 Å². The molecule has 0 radical (unpaired) electrons. The van der Waals surface area contributed by atoms with Crippen LogP contribution in [-0.2, 0) is 4.79 Å². The highest BCUT2D eigenvalue weighted by molar-refractivity contribution is 5.92. The van der Waals surface area contributed by atoms with Gasteiger partial charge in [0, 0.05) is 6.07 Å². The summed E-state index contributed by atoms with van der Waals surface area (Å²) in [7, 11) is 0. The number of rotatable bonds is 5. The second-order valence-electron chi connectivity index (χ2n) is 4.36. The van der Waals surface area contributed by atoms with Crippen molar-refractivity contribution in [1.29, 1.82) is 0 Å². The van der Waals surface area contributed by atoms with E-state index in [0.717, 1.165) is 5.56 Å². The molecule has 20 heavy (non-hydrogen) atoms. The summed E-state index contributed by atoms with van der Waals surface area (Å²) in [5.74, 6) is -0.933. The molecule has 0 bridgehead atoms. The van der Waals surface area contributed by atoms with Crippen LogP contribution in [0.5, 0.6) is 0 Å². The maximum atomic E-state index is 12.0. The third-order valence-electron chi connectivity index (χ3n) is 2.75. The van der Waals surface area contributed by atoms with Crippen molar-refractivity contribution in [1.82, 2.24) is 10.5 Å². The zero-order chi connectivity index (χ0) is 14.5. The Hall–Kier alpha value is -2.63. The average Bonchev–Trinajstić information content (AvgIpc) is 2.85. The minimum Gasteiger partial charge on any atom is -0.481 e. The lowest BCUT2D eigenvalue weighted by atomic mass is 10.0. The summed E-state index contributed by atoms with van der Waals surface area (Å²) in [6, 6.07) is 9.82. The number of carboxylic acids is 1. The molecule has 1 heterocycles. The molecule has 2 aromatic rings. The second kappa shape index (κ2) is 6.01. The van der Waals surface area contributed by atoms with Gasteiger partial charge in [-0.05, 0) is 12.5 Å². The SMILES string of the molecule is Cc1cc(C(=O)N[C@@H](CC(=O)O)c2ccccc2)no1.